The van der Waals surface area contributed by atoms with E-state index in [9.17, 15) is 0 Å². The normalized spacial score (nSPS) is 6.67. The first kappa shape index (κ1) is 5.80. The third kappa shape index (κ3) is 1.29. The van der Waals surface area contributed by atoms with Gasteiger partial charge in [0.1, 0.15) is 0 Å². The third-order valence-corrected chi connectivity index (χ3v) is 0.496. The summed E-state index contributed by atoms with van der Waals surface area (Å²) in [7, 11) is 0. The molecule has 0 aliphatic heterocycles. The van der Waals surface area contributed by atoms with E-state index in [-0.39, 0.29) is 17.1 Å². The van der Waals surface area contributed by atoms with Crippen LogP contribution in [-0.2, 0) is 17.1 Å². The molecule has 1 rings (SSSR count). The zero-order valence-electron chi connectivity index (χ0n) is 3.11. The van der Waals surface area contributed by atoms with Gasteiger partial charge in [0.15, 0.2) is 0 Å². The summed E-state index contributed by atoms with van der Waals surface area (Å²) in [6.07, 6.45) is 3.75. The van der Waals surface area contributed by atoms with Gasteiger partial charge in [0.05, 0.1) is 0 Å². The molecule has 1 N–H and O–H groups in total. The third-order valence-electron chi connectivity index (χ3n) is 0.496. The van der Waals surface area contributed by atoms with Crippen molar-refractivity contribution in [1.82, 2.24) is 4.98 Å². The molecule has 0 amide bonds. The largest absolute Gasteiger partial charge is 0.368 e. The molecule has 1 radical (unpaired) electrons. The molecule has 2 heteroatoms. The molecule has 0 unspecified atom stereocenters. The van der Waals surface area contributed by atoms with Gasteiger partial charge in [0.2, 0.25) is 0 Å². The van der Waals surface area contributed by atoms with Crippen LogP contribution >= 0.6 is 0 Å². The predicted octanol–water partition coefficient (Wildman–Crippen LogP) is 1.01. The minimum absolute atomic E-state index is 0. The van der Waals surface area contributed by atoms with E-state index in [0.717, 1.165) is 0 Å². The smallest absolute Gasteiger partial charge is 0.000496 e. The van der Waals surface area contributed by atoms with Crippen LogP contribution in [0.2, 0.25) is 0 Å². The number of hydrogen-bond donors (Lipinski definition) is 1. The van der Waals surface area contributed by atoms with Crippen molar-refractivity contribution in [1.29, 1.82) is 0 Å². The average Bonchev–Trinajstić information content (AvgIpc) is 1.76. The Bertz CT molecular complexity index is 64.0. The molecule has 1 aromatic rings. The molecule has 1 heterocycles. The van der Waals surface area contributed by atoms with E-state index in [2.05, 4.69) is 4.98 Å². The number of rotatable bonds is 0. The zero-order valence-corrected chi connectivity index (χ0v) is 4.05. The van der Waals surface area contributed by atoms with Crippen LogP contribution in [0, 0.1) is 0 Å². The Hall–Kier alpha value is -0.201. The van der Waals surface area contributed by atoms with Crippen LogP contribution in [0.4, 0.5) is 0 Å². The molecule has 0 saturated carbocycles. The van der Waals surface area contributed by atoms with Gasteiger partial charge in [-0.15, -0.1) is 0 Å². The fraction of sp³-hybridized carbons (Fsp3) is 0. The van der Waals surface area contributed by atoms with Crippen LogP contribution in [0.5, 0.6) is 0 Å². The van der Waals surface area contributed by atoms with E-state index in [4.69, 9.17) is 0 Å². The van der Waals surface area contributed by atoms with E-state index < -0.39 is 0 Å². The van der Waals surface area contributed by atoms with Gasteiger partial charge in [0.25, 0.3) is 0 Å². The Morgan fingerprint density at radius 2 is 1.50 bits per heavy atom. The van der Waals surface area contributed by atoms with E-state index in [0.29, 0.717) is 0 Å². The van der Waals surface area contributed by atoms with Gasteiger partial charge in [0, 0.05) is 29.5 Å². The summed E-state index contributed by atoms with van der Waals surface area (Å²) in [4.78, 5) is 2.86. The van der Waals surface area contributed by atoms with Crippen molar-refractivity contribution in [2.45, 2.75) is 0 Å². The van der Waals surface area contributed by atoms with Crippen molar-refractivity contribution < 1.29 is 17.1 Å². The molecule has 1 nitrogen and oxygen atoms in total. The van der Waals surface area contributed by atoms with Gasteiger partial charge in [-0.3, -0.25) is 0 Å². The zero-order chi connectivity index (χ0) is 3.54. The van der Waals surface area contributed by atoms with Gasteiger partial charge in [-0.05, 0) is 12.1 Å². The summed E-state index contributed by atoms with van der Waals surface area (Å²) in [5.41, 5.74) is 0. The molecule has 0 aliphatic carbocycles. The van der Waals surface area contributed by atoms with Crippen molar-refractivity contribution in [2.24, 2.45) is 0 Å². The van der Waals surface area contributed by atoms with Gasteiger partial charge < -0.3 is 4.98 Å². The molecular weight excluding hydrogens is 126 g/mol. The Kier molecular flexibility index (Phi) is 2.91. The number of aromatic nitrogens is 1. The van der Waals surface area contributed by atoms with Crippen LogP contribution in [0.1, 0.15) is 0 Å². The van der Waals surface area contributed by atoms with E-state index in [1.54, 1.807) is 0 Å². The average molecular weight is 131 g/mol. The second-order valence-corrected chi connectivity index (χ2v) is 0.885. The van der Waals surface area contributed by atoms with Crippen molar-refractivity contribution in [2.75, 3.05) is 0 Å². The predicted molar refractivity (Wildman–Crippen MR) is 20.8 cm³/mol. The SMILES string of the molecule is [Cu].c1cc[nH]c1. The molecule has 37 valence electrons. The molecule has 0 saturated heterocycles. The quantitative estimate of drug-likeness (QED) is 0.505. The summed E-state index contributed by atoms with van der Waals surface area (Å²) >= 11 is 0. The monoisotopic (exact) mass is 130 g/mol. The fourth-order valence-corrected chi connectivity index (χ4v) is 0.278. The molecule has 6 heavy (non-hydrogen) atoms. The molecule has 0 fully saturated rings. The molecule has 0 atom stereocenters. The summed E-state index contributed by atoms with van der Waals surface area (Å²) in [5, 5.41) is 0. The van der Waals surface area contributed by atoms with Gasteiger partial charge in [-0.1, -0.05) is 0 Å². The van der Waals surface area contributed by atoms with Crippen molar-refractivity contribution in [3.8, 4) is 0 Å². The molecule has 0 spiro atoms. The standard InChI is InChI=1S/C4H5N.Cu/c1-2-4-5-3-1;/h1-5H;. The van der Waals surface area contributed by atoms with Crippen LogP contribution in [-0.4, -0.2) is 4.98 Å². The number of hydrogen-bond acceptors (Lipinski definition) is 0. The first-order valence-corrected chi connectivity index (χ1v) is 1.58. The Morgan fingerprint density at radius 3 is 1.67 bits per heavy atom. The van der Waals surface area contributed by atoms with Crippen molar-refractivity contribution in [3.05, 3.63) is 24.5 Å². The van der Waals surface area contributed by atoms with E-state index in [1.807, 2.05) is 24.5 Å². The first-order chi connectivity index (χ1) is 2.50. The van der Waals surface area contributed by atoms with Crippen molar-refractivity contribution >= 4 is 0 Å². The maximum atomic E-state index is 2.86. The van der Waals surface area contributed by atoms with Crippen LogP contribution in [0.25, 0.3) is 0 Å². The molecule has 0 aromatic carbocycles. The molecule has 0 aliphatic rings. The summed E-state index contributed by atoms with van der Waals surface area (Å²) in [5.74, 6) is 0. The van der Waals surface area contributed by atoms with Gasteiger partial charge in [-0.2, -0.15) is 0 Å². The minimum atomic E-state index is 0. The maximum Gasteiger partial charge on any atom is 0.000496 e. The number of nitrogens with one attached hydrogen (secondary N) is 1. The summed E-state index contributed by atoms with van der Waals surface area (Å²) < 4.78 is 0. The van der Waals surface area contributed by atoms with E-state index >= 15 is 0 Å². The van der Waals surface area contributed by atoms with E-state index in [1.165, 1.54) is 0 Å². The first-order valence-electron chi connectivity index (χ1n) is 1.58. The van der Waals surface area contributed by atoms with Crippen LogP contribution < -0.4 is 0 Å². The second-order valence-electron chi connectivity index (χ2n) is 0.885. The molecule has 1 aromatic heterocycles. The number of H-pyrrole nitrogens is 1. The second kappa shape index (κ2) is 3.01. The minimum Gasteiger partial charge on any atom is -0.368 e. The van der Waals surface area contributed by atoms with Crippen LogP contribution in [0.3, 0.4) is 0 Å². The summed E-state index contributed by atoms with van der Waals surface area (Å²) in [6.45, 7) is 0. The topological polar surface area (TPSA) is 15.8 Å². The number of aromatic amines is 1. The molecule has 0 bridgehead atoms. The molecular formula is C4H5CuN. The maximum absolute atomic E-state index is 2.86. The Morgan fingerprint density at radius 1 is 1.00 bits per heavy atom. The summed E-state index contributed by atoms with van der Waals surface area (Å²) in [6, 6.07) is 3.89. The van der Waals surface area contributed by atoms with Gasteiger partial charge in [-0.25, -0.2) is 0 Å². The van der Waals surface area contributed by atoms with Gasteiger partial charge >= 0.3 is 0 Å². The Labute approximate surface area is 47.2 Å². The van der Waals surface area contributed by atoms with Crippen LogP contribution in [0.15, 0.2) is 24.5 Å². The Balaban J connectivity index is 0.000000250. The fourth-order valence-electron chi connectivity index (χ4n) is 0.278. The van der Waals surface area contributed by atoms with Crippen molar-refractivity contribution in [3.63, 3.8) is 0 Å².